The topological polar surface area (TPSA) is 86.8 Å². The highest BCUT2D eigenvalue weighted by Gasteiger charge is 2.28. The highest BCUT2D eigenvalue weighted by Crippen LogP contribution is 2.27. The molecule has 1 fully saturated rings. The molecule has 0 radical (unpaired) electrons. The van der Waals surface area contributed by atoms with Gasteiger partial charge in [0.1, 0.15) is 6.54 Å². The number of aryl methyl sites for hydroxylation is 3. The zero-order valence-corrected chi connectivity index (χ0v) is 22.3. The third kappa shape index (κ3) is 6.38. The molecular weight excluding hydrogens is 486 g/mol. The summed E-state index contributed by atoms with van der Waals surface area (Å²) in [4.78, 5) is 27.0. The van der Waals surface area contributed by atoms with Crippen LogP contribution in [0.1, 0.15) is 40.7 Å². The van der Waals surface area contributed by atoms with Gasteiger partial charge in [-0.2, -0.15) is 0 Å². The van der Waals surface area contributed by atoms with Crippen molar-refractivity contribution in [2.45, 2.75) is 51.6 Å². The zero-order valence-electron chi connectivity index (χ0n) is 21.5. The van der Waals surface area contributed by atoms with Crippen LogP contribution < -0.4 is 9.62 Å². The van der Waals surface area contributed by atoms with E-state index in [0.29, 0.717) is 18.7 Å². The molecule has 0 aromatic heterocycles. The molecule has 0 unspecified atom stereocenters. The highest BCUT2D eigenvalue weighted by molar-refractivity contribution is 7.92. The predicted octanol–water partition coefficient (Wildman–Crippen LogP) is 4.25. The first-order valence-corrected chi connectivity index (χ1v) is 13.9. The van der Waals surface area contributed by atoms with E-state index in [2.05, 4.69) is 5.32 Å². The van der Waals surface area contributed by atoms with Crippen LogP contribution in [0.4, 0.5) is 5.69 Å². The number of rotatable bonds is 9. The minimum Gasteiger partial charge on any atom is -0.350 e. The van der Waals surface area contributed by atoms with Gasteiger partial charge >= 0.3 is 0 Å². The monoisotopic (exact) mass is 519 g/mol. The number of carbonyl (C=O) groups is 2. The summed E-state index contributed by atoms with van der Waals surface area (Å²) in [5.74, 6) is -0.240. The molecule has 1 aliphatic rings. The van der Waals surface area contributed by atoms with Gasteiger partial charge in [0.15, 0.2) is 0 Å². The number of anilines is 1. The maximum Gasteiger partial charge on any atom is 0.264 e. The summed E-state index contributed by atoms with van der Waals surface area (Å²) in [5.41, 5.74) is 5.09. The molecule has 2 amide bonds. The molecule has 0 aliphatic carbocycles. The SMILES string of the molecule is Cc1ccc(S(=O)(=O)N(CC(=O)NCc2cccc(CN3CCCC3=O)c2)c2ccc(C)cc2C)cc1. The van der Waals surface area contributed by atoms with Crippen molar-refractivity contribution in [3.63, 3.8) is 0 Å². The number of nitrogens with one attached hydrogen (secondary N) is 1. The second-order valence-electron chi connectivity index (χ2n) is 9.63. The molecule has 0 saturated carbocycles. The summed E-state index contributed by atoms with van der Waals surface area (Å²) in [5, 5.41) is 2.87. The van der Waals surface area contributed by atoms with Crippen molar-refractivity contribution in [2.24, 2.45) is 0 Å². The van der Waals surface area contributed by atoms with E-state index >= 15 is 0 Å². The van der Waals surface area contributed by atoms with Gasteiger partial charge in [-0.15, -0.1) is 0 Å². The molecule has 4 rings (SSSR count). The first-order chi connectivity index (χ1) is 17.6. The standard InChI is InChI=1S/C29H33N3O4S/c1-21-9-12-26(13-10-21)37(35,36)32(27-14-11-22(2)16-23(27)3)20-28(33)30-18-24-6-4-7-25(17-24)19-31-15-5-8-29(31)34/h4,6-7,9-14,16-17H,5,8,15,18-20H2,1-3H3,(H,30,33). The number of carbonyl (C=O) groups excluding carboxylic acids is 2. The second-order valence-corrected chi connectivity index (χ2v) is 11.5. The Morgan fingerprint density at radius 2 is 1.65 bits per heavy atom. The van der Waals surface area contributed by atoms with Crippen molar-refractivity contribution in [1.82, 2.24) is 10.2 Å². The first-order valence-electron chi connectivity index (χ1n) is 12.4. The lowest BCUT2D eigenvalue weighted by atomic mass is 10.1. The number of likely N-dealkylation sites (tertiary alicyclic amines) is 1. The van der Waals surface area contributed by atoms with Crippen LogP contribution in [0, 0.1) is 20.8 Å². The summed E-state index contributed by atoms with van der Waals surface area (Å²) in [6, 6.07) is 19.9. The largest absolute Gasteiger partial charge is 0.350 e. The molecule has 8 heteroatoms. The maximum absolute atomic E-state index is 13.6. The number of benzene rings is 3. The summed E-state index contributed by atoms with van der Waals surface area (Å²) in [6.45, 7) is 6.90. The van der Waals surface area contributed by atoms with Crippen LogP contribution >= 0.6 is 0 Å². The molecule has 3 aromatic rings. The molecule has 3 aromatic carbocycles. The summed E-state index contributed by atoms with van der Waals surface area (Å²) >= 11 is 0. The quantitative estimate of drug-likeness (QED) is 0.458. The normalized spacial score (nSPS) is 13.6. The second kappa shape index (κ2) is 11.2. The van der Waals surface area contributed by atoms with E-state index in [4.69, 9.17) is 0 Å². The Morgan fingerprint density at radius 1 is 0.946 bits per heavy atom. The van der Waals surface area contributed by atoms with Crippen LogP contribution in [-0.4, -0.2) is 38.2 Å². The Balaban J connectivity index is 1.51. The van der Waals surface area contributed by atoms with Crippen LogP contribution in [0.25, 0.3) is 0 Å². The van der Waals surface area contributed by atoms with Crippen molar-refractivity contribution in [3.05, 3.63) is 94.5 Å². The molecule has 37 heavy (non-hydrogen) atoms. The third-order valence-electron chi connectivity index (χ3n) is 6.54. The van der Waals surface area contributed by atoms with E-state index in [0.717, 1.165) is 40.8 Å². The average Bonchev–Trinajstić information content (AvgIpc) is 3.26. The fourth-order valence-electron chi connectivity index (χ4n) is 4.54. The Hall–Kier alpha value is -3.65. The molecule has 1 N–H and O–H groups in total. The number of hydrogen-bond donors (Lipinski definition) is 1. The van der Waals surface area contributed by atoms with Crippen molar-refractivity contribution in [3.8, 4) is 0 Å². The number of amides is 2. The molecule has 1 heterocycles. The molecule has 0 spiro atoms. The lowest BCUT2D eigenvalue weighted by molar-refractivity contribution is -0.128. The smallest absolute Gasteiger partial charge is 0.264 e. The van der Waals surface area contributed by atoms with Gasteiger partial charge in [-0.3, -0.25) is 13.9 Å². The van der Waals surface area contributed by atoms with E-state index in [1.165, 1.54) is 4.31 Å². The minimum atomic E-state index is -3.97. The van der Waals surface area contributed by atoms with E-state index in [1.807, 2.05) is 62.1 Å². The van der Waals surface area contributed by atoms with Crippen LogP contribution in [0.3, 0.4) is 0 Å². The first kappa shape index (κ1) is 26.4. The lowest BCUT2D eigenvalue weighted by Gasteiger charge is -2.26. The minimum absolute atomic E-state index is 0.134. The Bertz CT molecular complexity index is 1400. The lowest BCUT2D eigenvalue weighted by Crippen LogP contribution is -2.41. The van der Waals surface area contributed by atoms with Gasteiger partial charge in [-0.1, -0.05) is 59.7 Å². The van der Waals surface area contributed by atoms with Crippen LogP contribution in [0.2, 0.25) is 0 Å². The van der Waals surface area contributed by atoms with Crippen molar-refractivity contribution in [1.29, 1.82) is 0 Å². The maximum atomic E-state index is 13.6. The van der Waals surface area contributed by atoms with Crippen LogP contribution in [-0.2, 0) is 32.7 Å². The molecule has 194 valence electrons. The predicted molar refractivity (Wildman–Crippen MR) is 145 cm³/mol. The van der Waals surface area contributed by atoms with Crippen molar-refractivity contribution >= 4 is 27.5 Å². The molecule has 0 bridgehead atoms. The molecule has 1 aliphatic heterocycles. The number of nitrogens with zero attached hydrogens (tertiary/aromatic N) is 2. The van der Waals surface area contributed by atoms with Gasteiger partial charge in [0.2, 0.25) is 11.8 Å². The number of sulfonamides is 1. The van der Waals surface area contributed by atoms with E-state index in [-0.39, 0.29) is 23.9 Å². The Morgan fingerprint density at radius 3 is 2.32 bits per heavy atom. The van der Waals surface area contributed by atoms with Crippen molar-refractivity contribution in [2.75, 3.05) is 17.4 Å². The molecule has 1 saturated heterocycles. The van der Waals surface area contributed by atoms with Gasteiger partial charge in [-0.05, 0) is 62.1 Å². The molecular formula is C29H33N3O4S. The van der Waals surface area contributed by atoms with Gasteiger partial charge in [-0.25, -0.2) is 8.42 Å². The number of hydrogen-bond acceptors (Lipinski definition) is 4. The van der Waals surface area contributed by atoms with Crippen LogP contribution in [0.15, 0.2) is 71.6 Å². The van der Waals surface area contributed by atoms with Gasteiger partial charge < -0.3 is 10.2 Å². The zero-order chi connectivity index (χ0) is 26.6. The van der Waals surface area contributed by atoms with Crippen molar-refractivity contribution < 1.29 is 18.0 Å². The van der Waals surface area contributed by atoms with Gasteiger partial charge in [0, 0.05) is 26.1 Å². The Labute approximate surface area is 219 Å². The fraction of sp³-hybridized carbons (Fsp3) is 0.310. The van der Waals surface area contributed by atoms with E-state index < -0.39 is 15.9 Å². The summed E-state index contributed by atoms with van der Waals surface area (Å²) in [6.07, 6.45) is 1.48. The van der Waals surface area contributed by atoms with E-state index in [1.54, 1.807) is 30.3 Å². The molecule has 7 nitrogen and oxygen atoms in total. The molecule has 0 atom stereocenters. The van der Waals surface area contributed by atoms with Gasteiger partial charge in [0.25, 0.3) is 10.0 Å². The van der Waals surface area contributed by atoms with Crippen LogP contribution in [0.5, 0.6) is 0 Å². The summed E-state index contributed by atoms with van der Waals surface area (Å²) in [7, 11) is -3.97. The fourth-order valence-corrected chi connectivity index (χ4v) is 6.02. The third-order valence-corrected chi connectivity index (χ3v) is 8.32. The average molecular weight is 520 g/mol. The van der Waals surface area contributed by atoms with E-state index in [9.17, 15) is 18.0 Å². The Kier molecular flexibility index (Phi) is 7.97. The highest BCUT2D eigenvalue weighted by atomic mass is 32.2. The summed E-state index contributed by atoms with van der Waals surface area (Å²) < 4.78 is 28.5. The van der Waals surface area contributed by atoms with Gasteiger partial charge in [0.05, 0.1) is 10.6 Å².